The number of nitrogens with zero attached hydrogens (tertiary/aromatic N) is 3. The van der Waals surface area contributed by atoms with Crippen molar-refractivity contribution >= 4 is 23.6 Å². The monoisotopic (exact) mass is 455 g/mol. The number of methoxy groups -OCH3 is 1. The molecule has 0 saturated carbocycles. The summed E-state index contributed by atoms with van der Waals surface area (Å²) >= 11 is 1.45. The van der Waals surface area contributed by atoms with Crippen molar-refractivity contribution in [3.05, 3.63) is 72.2 Å². The first-order valence-corrected chi connectivity index (χ1v) is 11.0. The zero-order valence-corrected chi connectivity index (χ0v) is 18.7. The van der Waals surface area contributed by atoms with Gasteiger partial charge in [-0.3, -0.25) is 14.9 Å². The molecule has 0 aliphatic carbocycles. The first kappa shape index (κ1) is 23.4. The van der Waals surface area contributed by atoms with E-state index in [0.29, 0.717) is 17.5 Å². The molecule has 3 rings (SSSR count). The number of carbonyl (C=O) groups excluding carboxylic acids is 2. The number of rotatable bonds is 11. The van der Waals surface area contributed by atoms with Crippen molar-refractivity contribution in [2.75, 3.05) is 12.9 Å². The van der Waals surface area contributed by atoms with Crippen molar-refractivity contribution in [3.63, 3.8) is 0 Å². The summed E-state index contributed by atoms with van der Waals surface area (Å²) in [5.74, 6) is 0.0903. The Bertz CT molecular complexity index is 1000. The fourth-order valence-electron chi connectivity index (χ4n) is 2.80. The van der Waals surface area contributed by atoms with Crippen LogP contribution in [0.1, 0.15) is 28.9 Å². The average molecular weight is 456 g/mol. The standard InChI is InChI=1S/C22H25N5O4S/c1-15(14-32-22-23-9-6-10-24-22)26-20(28)18-13-31-19(27-18)11-17(21(29)30-2)25-12-16-7-4-3-5-8-16/h3-10,13,15,17,25H,11-12,14H2,1-2H3,(H,26,28). The maximum Gasteiger partial charge on any atom is 0.323 e. The van der Waals surface area contributed by atoms with Gasteiger partial charge in [-0.05, 0) is 18.6 Å². The van der Waals surface area contributed by atoms with Gasteiger partial charge in [0.15, 0.2) is 16.7 Å². The largest absolute Gasteiger partial charge is 0.468 e. The summed E-state index contributed by atoms with van der Waals surface area (Å²) in [6.07, 6.45) is 4.79. The highest BCUT2D eigenvalue weighted by molar-refractivity contribution is 7.99. The third kappa shape index (κ3) is 7.17. The molecular weight excluding hydrogens is 430 g/mol. The molecule has 10 heteroatoms. The summed E-state index contributed by atoms with van der Waals surface area (Å²) in [5, 5.41) is 6.66. The molecule has 1 aromatic carbocycles. The molecule has 1 amide bonds. The molecule has 9 nitrogen and oxygen atoms in total. The van der Waals surface area contributed by atoms with Gasteiger partial charge in [0.2, 0.25) is 0 Å². The predicted octanol–water partition coefficient (Wildman–Crippen LogP) is 2.25. The van der Waals surface area contributed by atoms with Crippen LogP contribution in [-0.2, 0) is 22.5 Å². The van der Waals surface area contributed by atoms with Crippen LogP contribution in [0.3, 0.4) is 0 Å². The van der Waals surface area contributed by atoms with Gasteiger partial charge in [0.25, 0.3) is 5.91 Å². The maximum atomic E-state index is 12.5. The van der Waals surface area contributed by atoms with Gasteiger partial charge in [0.1, 0.15) is 12.3 Å². The number of carbonyl (C=O) groups is 2. The highest BCUT2D eigenvalue weighted by Gasteiger charge is 2.23. The highest BCUT2D eigenvalue weighted by Crippen LogP contribution is 2.13. The van der Waals surface area contributed by atoms with Crippen LogP contribution in [0.25, 0.3) is 0 Å². The zero-order valence-electron chi connectivity index (χ0n) is 17.9. The van der Waals surface area contributed by atoms with Gasteiger partial charge in [-0.1, -0.05) is 42.1 Å². The van der Waals surface area contributed by atoms with Gasteiger partial charge >= 0.3 is 5.97 Å². The number of ether oxygens (including phenoxy) is 1. The average Bonchev–Trinajstić information content (AvgIpc) is 3.30. The quantitative estimate of drug-likeness (QED) is 0.255. The molecule has 32 heavy (non-hydrogen) atoms. The minimum atomic E-state index is -0.657. The number of benzene rings is 1. The van der Waals surface area contributed by atoms with Crippen LogP contribution >= 0.6 is 11.8 Å². The van der Waals surface area contributed by atoms with E-state index in [1.54, 1.807) is 18.5 Å². The van der Waals surface area contributed by atoms with E-state index in [4.69, 9.17) is 9.15 Å². The third-order valence-electron chi connectivity index (χ3n) is 4.43. The minimum Gasteiger partial charge on any atom is -0.468 e. The molecule has 2 N–H and O–H groups in total. The topological polar surface area (TPSA) is 119 Å². The third-order valence-corrected chi connectivity index (χ3v) is 5.56. The number of hydrogen-bond donors (Lipinski definition) is 2. The zero-order chi connectivity index (χ0) is 22.8. The smallest absolute Gasteiger partial charge is 0.323 e. The van der Waals surface area contributed by atoms with Crippen LogP contribution < -0.4 is 10.6 Å². The first-order chi connectivity index (χ1) is 15.5. The number of esters is 1. The maximum absolute atomic E-state index is 12.5. The first-order valence-electron chi connectivity index (χ1n) is 10.1. The van der Waals surface area contributed by atoms with Crippen molar-refractivity contribution in [2.45, 2.75) is 37.1 Å². The molecule has 2 unspecified atom stereocenters. The molecule has 0 radical (unpaired) electrons. The van der Waals surface area contributed by atoms with Crippen LogP contribution in [0.4, 0.5) is 0 Å². The van der Waals surface area contributed by atoms with Gasteiger partial charge in [0.05, 0.1) is 13.5 Å². The second-order valence-electron chi connectivity index (χ2n) is 6.99. The van der Waals surface area contributed by atoms with E-state index >= 15 is 0 Å². The van der Waals surface area contributed by atoms with E-state index in [9.17, 15) is 9.59 Å². The Kier molecular flexibility index (Phi) is 8.76. The van der Waals surface area contributed by atoms with Gasteiger partial charge < -0.3 is 14.5 Å². The lowest BCUT2D eigenvalue weighted by Crippen LogP contribution is -2.39. The van der Waals surface area contributed by atoms with Crippen molar-refractivity contribution in [1.82, 2.24) is 25.6 Å². The van der Waals surface area contributed by atoms with Gasteiger partial charge in [-0.2, -0.15) is 0 Å². The summed E-state index contributed by atoms with van der Waals surface area (Å²) in [6.45, 7) is 2.37. The molecule has 0 fully saturated rings. The van der Waals surface area contributed by atoms with Crippen LogP contribution in [0, 0.1) is 0 Å². The van der Waals surface area contributed by atoms with E-state index in [2.05, 4.69) is 25.6 Å². The summed E-state index contributed by atoms with van der Waals surface area (Å²) in [5.41, 5.74) is 1.18. The minimum absolute atomic E-state index is 0.133. The summed E-state index contributed by atoms with van der Waals surface area (Å²) in [4.78, 5) is 37.2. The van der Waals surface area contributed by atoms with Gasteiger partial charge in [0, 0.05) is 30.7 Å². The van der Waals surface area contributed by atoms with E-state index < -0.39 is 12.0 Å². The number of hydrogen-bond acceptors (Lipinski definition) is 9. The highest BCUT2D eigenvalue weighted by atomic mass is 32.2. The molecule has 0 bridgehead atoms. The van der Waals surface area contributed by atoms with Crippen LogP contribution in [0.15, 0.2) is 64.6 Å². The molecule has 2 heterocycles. The molecule has 0 spiro atoms. The lowest BCUT2D eigenvalue weighted by Gasteiger charge is -2.15. The van der Waals surface area contributed by atoms with Crippen molar-refractivity contribution < 1.29 is 18.7 Å². The second-order valence-corrected chi connectivity index (χ2v) is 7.98. The number of thioether (sulfide) groups is 1. The predicted molar refractivity (Wildman–Crippen MR) is 119 cm³/mol. The second kappa shape index (κ2) is 12.0. The fraction of sp³-hybridized carbons (Fsp3) is 0.318. The van der Waals surface area contributed by atoms with E-state index in [-0.39, 0.29) is 30.0 Å². The Morgan fingerprint density at radius 2 is 1.91 bits per heavy atom. The number of amides is 1. The lowest BCUT2D eigenvalue weighted by molar-refractivity contribution is -0.143. The van der Waals surface area contributed by atoms with E-state index in [1.165, 1.54) is 25.1 Å². The molecule has 2 atom stereocenters. The number of oxazole rings is 1. The van der Waals surface area contributed by atoms with Crippen molar-refractivity contribution in [2.24, 2.45) is 0 Å². The van der Waals surface area contributed by atoms with Crippen LogP contribution in [-0.4, -0.2) is 51.8 Å². The number of nitrogens with one attached hydrogen (secondary N) is 2. The molecule has 2 aromatic heterocycles. The SMILES string of the molecule is COC(=O)C(Cc1nc(C(=O)NC(C)CSc2ncccn2)co1)NCc1ccccc1. The summed E-state index contributed by atoms with van der Waals surface area (Å²) in [7, 11) is 1.33. The molecule has 3 aromatic rings. The fourth-order valence-corrected chi connectivity index (χ4v) is 3.55. The Morgan fingerprint density at radius 1 is 1.16 bits per heavy atom. The van der Waals surface area contributed by atoms with Crippen LogP contribution in [0.5, 0.6) is 0 Å². The molecule has 0 aliphatic heterocycles. The Hall–Kier alpha value is -3.24. The van der Waals surface area contributed by atoms with E-state index in [1.807, 2.05) is 37.3 Å². The Labute approximate surface area is 190 Å². The molecule has 168 valence electrons. The van der Waals surface area contributed by atoms with Gasteiger partial charge in [-0.25, -0.2) is 15.0 Å². The van der Waals surface area contributed by atoms with Crippen molar-refractivity contribution in [3.8, 4) is 0 Å². The van der Waals surface area contributed by atoms with Crippen molar-refractivity contribution in [1.29, 1.82) is 0 Å². The summed E-state index contributed by atoms with van der Waals surface area (Å²) < 4.78 is 10.3. The van der Waals surface area contributed by atoms with Crippen LogP contribution in [0.2, 0.25) is 0 Å². The number of aromatic nitrogens is 3. The Morgan fingerprint density at radius 3 is 2.62 bits per heavy atom. The molecular formula is C22H25N5O4S. The lowest BCUT2D eigenvalue weighted by atomic mass is 10.1. The summed E-state index contributed by atoms with van der Waals surface area (Å²) in [6, 6.07) is 10.7. The van der Waals surface area contributed by atoms with Gasteiger partial charge in [-0.15, -0.1) is 0 Å². The normalized spacial score (nSPS) is 12.7. The Balaban J connectivity index is 1.52. The van der Waals surface area contributed by atoms with E-state index in [0.717, 1.165) is 5.56 Å². The molecule has 0 aliphatic rings. The molecule has 0 saturated heterocycles.